The molecule has 0 aliphatic heterocycles. The highest BCUT2D eigenvalue weighted by molar-refractivity contribution is 5.92. The zero-order chi connectivity index (χ0) is 12.8. The zero-order valence-corrected chi connectivity index (χ0v) is 9.42. The summed E-state index contributed by atoms with van der Waals surface area (Å²) in [4.78, 5) is 22.4. The number of aliphatic hydroxyl groups is 1. The average Bonchev–Trinajstić information content (AvgIpc) is 2.34. The summed E-state index contributed by atoms with van der Waals surface area (Å²) in [6.45, 7) is 1.43. The molecule has 0 aromatic carbocycles. The van der Waals surface area contributed by atoms with Crippen LogP contribution in [0, 0.1) is 5.92 Å². The van der Waals surface area contributed by atoms with E-state index in [0.717, 1.165) is 0 Å². The normalized spacial score (nSPS) is 21.2. The van der Waals surface area contributed by atoms with Crippen LogP contribution < -0.4 is 0 Å². The SMILES string of the molecule is CC=C1C=C(C(=O)O)C=CC1C(=O)OCCO. The molecule has 0 amide bonds. The van der Waals surface area contributed by atoms with Crippen molar-refractivity contribution in [3.8, 4) is 0 Å². The second-order valence-electron chi connectivity index (χ2n) is 3.42. The van der Waals surface area contributed by atoms with Gasteiger partial charge in [0.25, 0.3) is 0 Å². The summed E-state index contributed by atoms with van der Waals surface area (Å²) in [6.07, 6.45) is 5.96. The van der Waals surface area contributed by atoms with E-state index in [-0.39, 0.29) is 18.8 Å². The van der Waals surface area contributed by atoms with Gasteiger partial charge in [-0.15, -0.1) is 0 Å². The van der Waals surface area contributed by atoms with E-state index in [1.807, 2.05) is 0 Å². The van der Waals surface area contributed by atoms with Crippen molar-refractivity contribution in [2.75, 3.05) is 13.2 Å². The highest BCUT2D eigenvalue weighted by Gasteiger charge is 2.24. The molecular weight excluding hydrogens is 224 g/mol. The number of aliphatic hydroxyl groups excluding tert-OH is 1. The van der Waals surface area contributed by atoms with Crippen molar-refractivity contribution in [1.82, 2.24) is 0 Å². The van der Waals surface area contributed by atoms with Gasteiger partial charge in [0.05, 0.1) is 18.1 Å². The van der Waals surface area contributed by atoms with Crippen molar-refractivity contribution in [2.45, 2.75) is 6.92 Å². The van der Waals surface area contributed by atoms with Crippen molar-refractivity contribution in [3.05, 3.63) is 35.5 Å². The molecule has 1 rings (SSSR count). The Kier molecular flexibility index (Phi) is 4.66. The number of carboxylic acid groups (broad SMARTS) is 1. The first-order valence-electron chi connectivity index (χ1n) is 5.17. The molecule has 0 aromatic rings. The molecule has 0 aromatic heterocycles. The van der Waals surface area contributed by atoms with E-state index in [1.165, 1.54) is 18.2 Å². The minimum atomic E-state index is -1.04. The number of allylic oxidation sites excluding steroid dienone is 2. The predicted octanol–water partition coefficient (Wildman–Crippen LogP) is 0.665. The van der Waals surface area contributed by atoms with E-state index in [9.17, 15) is 9.59 Å². The van der Waals surface area contributed by atoms with Gasteiger partial charge in [-0.1, -0.05) is 18.2 Å². The summed E-state index contributed by atoms with van der Waals surface area (Å²) < 4.78 is 4.80. The van der Waals surface area contributed by atoms with Gasteiger partial charge in [-0.05, 0) is 18.6 Å². The number of hydrogen-bond donors (Lipinski definition) is 2. The van der Waals surface area contributed by atoms with Crippen molar-refractivity contribution in [1.29, 1.82) is 0 Å². The Morgan fingerprint density at radius 1 is 1.53 bits per heavy atom. The largest absolute Gasteiger partial charge is 0.478 e. The third-order valence-corrected chi connectivity index (χ3v) is 2.32. The molecule has 5 nitrogen and oxygen atoms in total. The molecule has 1 atom stereocenters. The summed E-state index contributed by atoms with van der Waals surface area (Å²) in [6, 6.07) is 0. The Morgan fingerprint density at radius 2 is 2.24 bits per heavy atom. The van der Waals surface area contributed by atoms with E-state index >= 15 is 0 Å². The highest BCUT2D eigenvalue weighted by Crippen LogP contribution is 2.23. The monoisotopic (exact) mass is 238 g/mol. The van der Waals surface area contributed by atoms with Crippen LogP contribution in [0.15, 0.2) is 35.5 Å². The Labute approximate surface area is 98.7 Å². The Balaban J connectivity index is 2.82. The molecule has 0 bridgehead atoms. The van der Waals surface area contributed by atoms with E-state index < -0.39 is 17.9 Å². The summed E-state index contributed by atoms with van der Waals surface area (Å²) in [5.41, 5.74) is 0.706. The molecule has 1 aliphatic carbocycles. The van der Waals surface area contributed by atoms with Crippen LogP contribution in [0.4, 0.5) is 0 Å². The van der Waals surface area contributed by atoms with Crippen molar-refractivity contribution in [2.24, 2.45) is 5.92 Å². The molecule has 5 heteroatoms. The maximum Gasteiger partial charge on any atom is 0.335 e. The number of aliphatic carboxylic acids is 1. The second-order valence-corrected chi connectivity index (χ2v) is 3.42. The number of hydrogen-bond acceptors (Lipinski definition) is 4. The number of carbonyl (C=O) groups excluding carboxylic acids is 1. The van der Waals surface area contributed by atoms with E-state index in [0.29, 0.717) is 5.57 Å². The maximum atomic E-state index is 11.6. The van der Waals surface area contributed by atoms with Crippen LogP contribution in [-0.2, 0) is 14.3 Å². The van der Waals surface area contributed by atoms with Gasteiger partial charge in [0.2, 0.25) is 0 Å². The Hall–Kier alpha value is -1.88. The van der Waals surface area contributed by atoms with Gasteiger partial charge in [-0.2, -0.15) is 0 Å². The lowest BCUT2D eigenvalue weighted by Crippen LogP contribution is -2.21. The molecule has 1 aliphatic rings. The summed E-state index contributed by atoms with van der Waals surface area (Å²) in [7, 11) is 0. The van der Waals surface area contributed by atoms with Crippen LogP contribution in [0.5, 0.6) is 0 Å². The third kappa shape index (κ3) is 3.29. The Morgan fingerprint density at radius 3 is 2.76 bits per heavy atom. The molecule has 0 saturated carbocycles. The highest BCUT2D eigenvalue weighted by atomic mass is 16.5. The number of carboxylic acids is 1. The minimum absolute atomic E-state index is 0.0599. The lowest BCUT2D eigenvalue weighted by molar-refractivity contribution is -0.146. The maximum absolute atomic E-state index is 11.6. The second kappa shape index (κ2) is 6.00. The number of esters is 1. The van der Waals surface area contributed by atoms with Crippen LogP contribution in [-0.4, -0.2) is 35.4 Å². The van der Waals surface area contributed by atoms with Gasteiger partial charge in [-0.25, -0.2) is 4.79 Å². The lowest BCUT2D eigenvalue weighted by atomic mass is 9.91. The Bertz CT molecular complexity index is 403. The first kappa shape index (κ1) is 13.2. The number of rotatable bonds is 4. The first-order chi connectivity index (χ1) is 8.10. The van der Waals surface area contributed by atoms with E-state index in [4.69, 9.17) is 14.9 Å². The number of carbonyl (C=O) groups is 2. The standard InChI is InChI=1S/C12H14O5/c1-2-8-7-9(11(14)15)3-4-10(8)12(16)17-6-5-13/h2-4,7,10,13H,5-6H2,1H3,(H,14,15). The molecule has 0 saturated heterocycles. The van der Waals surface area contributed by atoms with Crippen molar-refractivity contribution in [3.63, 3.8) is 0 Å². The minimum Gasteiger partial charge on any atom is -0.478 e. The van der Waals surface area contributed by atoms with Crippen LogP contribution in [0.1, 0.15) is 6.92 Å². The lowest BCUT2D eigenvalue weighted by Gasteiger charge is -2.17. The van der Waals surface area contributed by atoms with E-state index in [2.05, 4.69) is 0 Å². The molecule has 0 fully saturated rings. The third-order valence-electron chi connectivity index (χ3n) is 2.32. The van der Waals surface area contributed by atoms with Crippen LogP contribution >= 0.6 is 0 Å². The van der Waals surface area contributed by atoms with Crippen LogP contribution in [0.2, 0.25) is 0 Å². The molecular formula is C12H14O5. The first-order valence-corrected chi connectivity index (χ1v) is 5.17. The van der Waals surface area contributed by atoms with Gasteiger partial charge in [0, 0.05) is 0 Å². The smallest absolute Gasteiger partial charge is 0.335 e. The summed E-state index contributed by atoms with van der Waals surface area (Å²) >= 11 is 0. The van der Waals surface area contributed by atoms with Gasteiger partial charge in [0.15, 0.2) is 0 Å². The van der Waals surface area contributed by atoms with Crippen LogP contribution in [0.25, 0.3) is 0 Å². The molecule has 92 valence electrons. The summed E-state index contributed by atoms with van der Waals surface area (Å²) in [5.74, 6) is -2.14. The van der Waals surface area contributed by atoms with Crippen molar-refractivity contribution < 1.29 is 24.5 Å². The molecule has 0 spiro atoms. The number of ether oxygens (including phenoxy) is 1. The fraction of sp³-hybridized carbons (Fsp3) is 0.333. The molecule has 17 heavy (non-hydrogen) atoms. The molecule has 2 N–H and O–H groups in total. The van der Waals surface area contributed by atoms with Gasteiger partial charge in [-0.3, -0.25) is 4.79 Å². The fourth-order valence-electron chi connectivity index (χ4n) is 1.48. The molecule has 1 unspecified atom stereocenters. The van der Waals surface area contributed by atoms with Crippen molar-refractivity contribution >= 4 is 11.9 Å². The molecule has 0 radical (unpaired) electrons. The average molecular weight is 238 g/mol. The van der Waals surface area contributed by atoms with Gasteiger partial charge < -0.3 is 14.9 Å². The molecule has 0 heterocycles. The topological polar surface area (TPSA) is 83.8 Å². The van der Waals surface area contributed by atoms with Crippen LogP contribution in [0.3, 0.4) is 0 Å². The zero-order valence-electron chi connectivity index (χ0n) is 9.42. The quantitative estimate of drug-likeness (QED) is 0.703. The summed E-state index contributed by atoms with van der Waals surface area (Å²) in [5, 5.41) is 17.4. The van der Waals surface area contributed by atoms with Gasteiger partial charge in [0.1, 0.15) is 6.61 Å². The predicted molar refractivity (Wildman–Crippen MR) is 60.2 cm³/mol. The van der Waals surface area contributed by atoms with Gasteiger partial charge >= 0.3 is 11.9 Å². The van der Waals surface area contributed by atoms with E-state index in [1.54, 1.807) is 13.0 Å². The fourth-order valence-corrected chi connectivity index (χ4v) is 1.48.